The average molecular weight is 302 g/mol. The van der Waals surface area contributed by atoms with Gasteiger partial charge in [0.15, 0.2) is 0 Å². The summed E-state index contributed by atoms with van der Waals surface area (Å²) in [5.41, 5.74) is -1.09. The molecule has 0 bridgehead atoms. The molecule has 0 aromatic heterocycles. The van der Waals surface area contributed by atoms with Crippen LogP contribution in [-0.2, 0) is 4.74 Å². The van der Waals surface area contributed by atoms with Gasteiger partial charge in [0.25, 0.3) is 0 Å². The number of carbonyl (C=O) groups is 2. The largest absolute Gasteiger partial charge is 0.465 e. The molecule has 0 aromatic carbocycles. The van der Waals surface area contributed by atoms with Crippen molar-refractivity contribution < 1.29 is 24.5 Å². The lowest BCUT2D eigenvalue weighted by Crippen LogP contribution is -2.55. The van der Waals surface area contributed by atoms with E-state index in [1.165, 1.54) is 4.90 Å². The molecule has 3 unspecified atom stereocenters. The van der Waals surface area contributed by atoms with Gasteiger partial charge in [-0.2, -0.15) is 0 Å². The molecule has 1 saturated heterocycles. The molecule has 1 aliphatic rings. The molecule has 7 heteroatoms. The van der Waals surface area contributed by atoms with Gasteiger partial charge in [-0.15, -0.1) is 0 Å². The standard InChI is InChI=1S/C14H26N2O5/c1-13(2,3)10-9(8(17)7-16(10)12(19)20)15-11(18)21-14(4,5)6/h8-10,17H,7H2,1-6H3,(H,15,18)(H,19,20). The monoisotopic (exact) mass is 302 g/mol. The number of likely N-dealkylation sites (tertiary alicyclic amines) is 1. The fourth-order valence-corrected chi connectivity index (χ4v) is 2.65. The Bertz CT molecular complexity index is 411. The maximum absolute atomic E-state index is 11.9. The number of β-amino-alcohol motifs (C(OH)–C–C–N with tert-alkyl or cyclic N) is 1. The van der Waals surface area contributed by atoms with E-state index in [4.69, 9.17) is 4.74 Å². The molecule has 3 atom stereocenters. The van der Waals surface area contributed by atoms with Gasteiger partial charge in [0.05, 0.1) is 24.7 Å². The highest BCUT2D eigenvalue weighted by Gasteiger charge is 2.49. The van der Waals surface area contributed by atoms with Crippen molar-refractivity contribution in [3.63, 3.8) is 0 Å². The van der Waals surface area contributed by atoms with Gasteiger partial charge in [0, 0.05) is 0 Å². The minimum atomic E-state index is -1.11. The van der Waals surface area contributed by atoms with E-state index in [0.717, 1.165) is 0 Å². The van der Waals surface area contributed by atoms with Gasteiger partial charge in [0.2, 0.25) is 0 Å². The van der Waals surface area contributed by atoms with Crippen LogP contribution >= 0.6 is 0 Å². The highest BCUT2D eigenvalue weighted by molar-refractivity contribution is 5.70. The van der Waals surface area contributed by atoms with Crippen LogP contribution in [0.2, 0.25) is 0 Å². The maximum Gasteiger partial charge on any atom is 0.408 e. The number of aliphatic hydroxyl groups excluding tert-OH is 1. The lowest BCUT2D eigenvalue weighted by atomic mass is 9.82. The molecule has 1 rings (SSSR count). The summed E-state index contributed by atoms with van der Waals surface area (Å²) in [7, 11) is 0. The lowest BCUT2D eigenvalue weighted by molar-refractivity contribution is 0.0401. The van der Waals surface area contributed by atoms with E-state index in [1.807, 2.05) is 20.8 Å². The van der Waals surface area contributed by atoms with Crippen molar-refractivity contribution in [2.45, 2.75) is 65.3 Å². The van der Waals surface area contributed by atoms with Gasteiger partial charge in [-0.1, -0.05) is 20.8 Å². The molecule has 7 nitrogen and oxygen atoms in total. The highest BCUT2D eigenvalue weighted by atomic mass is 16.6. The number of nitrogens with zero attached hydrogens (tertiary/aromatic N) is 1. The Kier molecular flexibility index (Phi) is 4.77. The van der Waals surface area contributed by atoms with E-state index in [0.29, 0.717) is 0 Å². The summed E-state index contributed by atoms with van der Waals surface area (Å²) in [6, 6.07) is -1.23. The van der Waals surface area contributed by atoms with Gasteiger partial charge < -0.3 is 25.2 Å². The van der Waals surface area contributed by atoms with Crippen LogP contribution in [0.15, 0.2) is 0 Å². The summed E-state index contributed by atoms with van der Waals surface area (Å²) in [4.78, 5) is 24.4. The number of alkyl carbamates (subject to hydrolysis) is 1. The van der Waals surface area contributed by atoms with Crippen molar-refractivity contribution in [2.24, 2.45) is 5.41 Å². The van der Waals surface area contributed by atoms with Crippen LogP contribution in [0.25, 0.3) is 0 Å². The van der Waals surface area contributed by atoms with Gasteiger partial charge in [-0.05, 0) is 26.2 Å². The predicted molar refractivity (Wildman–Crippen MR) is 77.1 cm³/mol. The van der Waals surface area contributed by atoms with Crippen LogP contribution in [0, 0.1) is 5.41 Å². The first kappa shape index (κ1) is 17.6. The number of carboxylic acid groups (broad SMARTS) is 1. The quantitative estimate of drug-likeness (QED) is 0.684. The van der Waals surface area contributed by atoms with Crippen molar-refractivity contribution >= 4 is 12.2 Å². The fourth-order valence-electron chi connectivity index (χ4n) is 2.65. The zero-order valence-corrected chi connectivity index (χ0v) is 13.5. The summed E-state index contributed by atoms with van der Waals surface area (Å²) in [6.07, 6.45) is -2.73. The van der Waals surface area contributed by atoms with Crippen LogP contribution in [0.5, 0.6) is 0 Å². The number of nitrogens with one attached hydrogen (secondary N) is 1. The molecule has 3 N–H and O–H groups in total. The zero-order valence-electron chi connectivity index (χ0n) is 13.5. The molecule has 0 radical (unpaired) electrons. The van der Waals surface area contributed by atoms with E-state index in [2.05, 4.69) is 5.32 Å². The molecule has 1 heterocycles. The molecular weight excluding hydrogens is 276 g/mol. The summed E-state index contributed by atoms with van der Waals surface area (Å²) in [5.74, 6) is 0. The number of carbonyl (C=O) groups excluding carboxylic acids is 1. The van der Waals surface area contributed by atoms with Gasteiger partial charge >= 0.3 is 12.2 Å². The van der Waals surface area contributed by atoms with E-state index >= 15 is 0 Å². The number of hydrogen-bond donors (Lipinski definition) is 3. The number of rotatable bonds is 1. The van der Waals surface area contributed by atoms with E-state index in [9.17, 15) is 19.8 Å². The first-order valence-electron chi connectivity index (χ1n) is 7.00. The number of hydrogen-bond acceptors (Lipinski definition) is 4. The molecule has 122 valence electrons. The first-order valence-corrected chi connectivity index (χ1v) is 7.00. The van der Waals surface area contributed by atoms with Crippen LogP contribution in [0.3, 0.4) is 0 Å². The van der Waals surface area contributed by atoms with Crippen LogP contribution in [-0.4, -0.2) is 57.6 Å². The molecule has 0 saturated carbocycles. The predicted octanol–water partition coefficient (Wildman–Crippen LogP) is 1.65. The molecule has 2 amide bonds. The van der Waals surface area contributed by atoms with Crippen molar-refractivity contribution in [1.29, 1.82) is 0 Å². The van der Waals surface area contributed by atoms with Crippen molar-refractivity contribution in [1.82, 2.24) is 10.2 Å². The van der Waals surface area contributed by atoms with Crippen molar-refractivity contribution in [3.05, 3.63) is 0 Å². The Morgan fingerprint density at radius 2 is 1.71 bits per heavy atom. The second-order valence-corrected chi connectivity index (χ2v) is 7.49. The second-order valence-electron chi connectivity index (χ2n) is 7.49. The third-order valence-corrected chi connectivity index (χ3v) is 3.29. The summed E-state index contributed by atoms with van der Waals surface area (Å²) in [6.45, 7) is 10.8. The number of ether oxygens (including phenoxy) is 1. The smallest absolute Gasteiger partial charge is 0.408 e. The van der Waals surface area contributed by atoms with Gasteiger partial charge in [-0.25, -0.2) is 9.59 Å². The summed E-state index contributed by atoms with van der Waals surface area (Å²) >= 11 is 0. The molecular formula is C14H26N2O5. The zero-order chi connectivity index (χ0) is 16.6. The molecule has 0 aliphatic carbocycles. The van der Waals surface area contributed by atoms with E-state index in [1.54, 1.807) is 20.8 Å². The molecule has 0 aromatic rings. The normalized spacial score (nSPS) is 26.6. The maximum atomic E-state index is 11.9. The topological polar surface area (TPSA) is 99.1 Å². The molecule has 0 spiro atoms. The minimum absolute atomic E-state index is 0.0300. The highest BCUT2D eigenvalue weighted by Crippen LogP contribution is 2.33. The summed E-state index contributed by atoms with van der Waals surface area (Å²) < 4.78 is 5.18. The van der Waals surface area contributed by atoms with E-state index < -0.39 is 41.4 Å². The first-order chi connectivity index (χ1) is 9.33. The van der Waals surface area contributed by atoms with Crippen molar-refractivity contribution in [3.8, 4) is 0 Å². The SMILES string of the molecule is CC(C)(C)OC(=O)NC1C(O)CN(C(=O)O)C1C(C)(C)C. The average Bonchev–Trinajstić information content (AvgIpc) is 2.52. The molecule has 1 aliphatic heterocycles. The Hall–Kier alpha value is -1.50. The van der Waals surface area contributed by atoms with Gasteiger partial charge in [0.1, 0.15) is 5.60 Å². The molecule has 21 heavy (non-hydrogen) atoms. The Labute approximate surface area is 125 Å². The third kappa shape index (κ3) is 4.49. The Morgan fingerprint density at radius 3 is 2.10 bits per heavy atom. The van der Waals surface area contributed by atoms with Crippen LogP contribution in [0.4, 0.5) is 9.59 Å². The number of aliphatic hydroxyl groups is 1. The molecule has 1 fully saturated rings. The lowest BCUT2D eigenvalue weighted by Gasteiger charge is -2.37. The third-order valence-electron chi connectivity index (χ3n) is 3.29. The van der Waals surface area contributed by atoms with Crippen molar-refractivity contribution in [2.75, 3.05) is 6.54 Å². The summed E-state index contributed by atoms with van der Waals surface area (Å²) in [5, 5.41) is 22.0. The second kappa shape index (κ2) is 5.71. The van der Waals surface area contributed by atoms with Crippen LogP contribution < -0.4 is 5.32 Å². The van der Waals surface area contributed by atoms with Crippen LogP contribution in [0.1, 0.15) is 41.5 Å². The number of amides is 2. The Morgan fingerprint density at radius 1 is 1.19 bits per heavy atom. The van der Waals surface area contributed by atoms with Gasteiger partial charge in [-0.3, -0.25) is 0 Å². The Balaban J connectivity index is 2.92. The minimum Gasteiger partial charge on any atom is -0.465 e. The fraction of sp³-hybridized carbons (Fsp3) is 0.857. The van der Waals surface area contributed by atoms with E-state index in [-0.39, 0.29) is 6.54 Å².